The number of thiophene rings is 1. The smallest absolute Gasteiger partial charge is 0.545 e. The van der Waals surface area contributed by atoms with Crippen molar-refractivity contribution in [1.82, 2.24) is 23.9 Å². The maximum Gasteiger partial charge on any atom is 1.00 e. The van der Waals surface area contributed by atoms with E-state index in [-0.39, 0.29) is 53.0 Å². The summed E-state index contributed by atoms with van der Waals surface area (Å²) in [6, 6.07) is 3.41. The number of aromatic nitrogens is 5. The second kappa shape index (κ2) is 9.38. The number of hydrogen-bond acceptors (Lipinski definition) is 7. The van der Waals surface area contributed by atoms with Crippen LogP contribution in [0.4, 0.5) is 0 Å². The third kappa shape index (κ3) is 4.12. The number of carboxylic acid groups (broad SMARTS) is 1. The van der Waals surface area contributed by atoms with Crippen molar-refractivity contribution in [3.05, 3.63) is 72.8 Å². The van der Waals surface area contributed by atoms with Crippen molar-refractivity contribution >= 4 is 27.5 Å². The summed E-state index contributed by atoms with van der Waals surface area (Å²) in [6.07, 6.45) is 3.60. The topological polar surface area (TPSA) is 115 Å². The Hall–Kier alpha value is -2.53. The van der Waals surface area contributed by atoms with E-state index in [9.17, 15) is 19.5 Å². The summed E-state index contributed by atoms with van der Waals surface area (Å²) in [5, 5.41) is 16.8. The standard InChI is InChI=1S/C22H23N5O4S.Na/c1-11(2)26-20-18(19(28)25(5)22(26)31)17(21(29)30)16(32-20)10-15-12(3)24-27(13(15)4)14-6-8-23-9-7-14;/h6-9,11H,10H2,1-5H3,(H,29,30);/q;+1/p-1. The second-order valence-electron chi connectivity index (χ2n) is 7.92. The minimum atomic E-state index is -1.44. The van der Waals surface area contributed by atoms with E-state index in [2.05, 4.69) is 10.1 Å². The number of carbonyl (C=O) groups excluding carboxylic acids is 1. The van der Waals surface area contributed by atoms with Crippen molar-refractivity contribution < 1.29 is 39.5 Å². The van der Waals surface area contributed by atoms with E-state index in [0.29, 0.717) is 9.71 Å². The van der Waals surface area contributed by atoms with Crippen molar-refractivity contribution in [3.8, 4) is 5.69 Å². The van der Waals surface area contributed by atoms with Gasteiger partial charge in [0.2, 0.25) is 0 Å². The van der Waals surface area contributed by atoms with Gasteiger partial charge in [-0.3, -0.25) is 18.9 Å². The minimum Gasteiger partial charge on any atom is -0.545 e. The molecule has 0 unspecified atom stereocenters. The molecule has 0 N–H and O–H groups in total. The molecule has 4 rings (SSSR count). The van der Waals surface area contributed by atoms with Gasteiger partial charge >= 0.3 is 35.2 Å². The Morgan fingerprint density at radius 3 is 2.39 bits per heavy atom. The number of nitrogens with zero attached hydrogens (tertiary/aromatic N) is 5. The summed E-state index contributed by atoms with van der Waals surface area (Å²) < 4.78 is 4.18. The molecule has 9 nitrogen and oxygen atoms in total. The Morgan fingerprint density at radius 1 is 1.18 bits per heavy atom. The summed E-state index contributed by atoms with van der Waals surface area (Å²) in [6.45, 7) is 7.40. The number of carbonyl (C=O) groups is 1. The molecule has 4 aromatic rings. The van der Waals surface area contributed by atoms with E-state index >= 15 is 0 Å². The van der Waals surface area contributed by atoms with E-state index in [1.807, 2.05) is 39.8 Å². The van der Waals surface area contributed by atoms with Crippen LogP contribution in [0.25, 0.3) is 15.9 Å². The summed E-state index contributed by atoms with van der Waals surface area (Å²) in [5.41, 5.74) is 2.02. The van der Waals surface area contributed by atoms with Crippen LogP contribution in [-0.4, -0.2) is 29.9 Å². The molecule has 33 heavy (non-hydrogen) atoms. The maximum absolute atomic E-state index is 12.9. The van der Waals surface area contributed by atoms with Crippen LogP contribution in [0.5, 0.6) is 0 Å². The molecule has 0 spiro atoms. The molecule has 11 heteroatoms. The molecule has 0 aromatic carbocycles. The van der Waals surface area contributed by atoms with Crippen LogP contribution < -0.4 is 45.9 Å². The van der Waals surface area contributed by atoms with Gasteiger partial charge in [0.05, 0.1) is 22.7 Å². The van der Waals surface area contributed by atoms with E-state index < -0.39 is 17.2 Å². The quantitative estimate of drug-likeness (QED) is 0.325. The summed E-state index contributed by atoms with van der Waals surface area (Å²) in [7, 11) is 1.35. The predicted molar refractivity (Wildman–Crippen MR) is 120 cm³/mol. The molecule has 0 saturated heterocycles. The van der Waals surface area contributed by atoms with Crippen LogP contribution in [0, 0.1) is 13.8 Å². The Kier molecular flexibility index (Phi) is 7.13. The summed E-state index contributed by atoms with van der Waals surface area (Å²) in [5.74, 6) is -1.44. The molecule has 0 aliphatic carbocycles. The van der Waals surface area contributed by atoms with Crippen LogP contribution in [0.3, 0.4) is 0 Å². The summed E-state index contributed by atoms with van der Waals surface area (Å²) >= 11 is 1.14. The van der Waals surface area contributed by atoms with E-state index in [4.69, 9.17) is 0 Å². The second-order valence-corrected chi connectivity index (χ2v) is 9.01. The SMILES string of the molecule is Cc1nn(-c2ccncc2)c(C)c1Cc1sc2c(c1C(=O)[O-])c(=O)n(C)c(=O)n2C(C)C.[Na+]. The molecule has 0 amide bonds. The van der Waals surface area contributed by atoms with Gasteiger partial charge in [-0.2, -0.15) is 5.10 Å². The van der Waals surface area contributed by atoms with Crippen molar-refractivity contribution in [2.45, 2.75) is 40.2 Å². The largest absolute Gasteiger partial charge is 1.00 e. The van der Waals surface area contributed by atoms with E-state index in [1.165, 1.54) is 11.6 Å². The van der Waals surface area contributed by atoms with Crippen LogP contribution >= 0.6 is 11.3 Å². The van der Waals surface area contributed by atoms with Gasteiger partial charge in [-0.1, -0.05) is 0 Å². The molecule has 166 valence electrons. The molecular weight excluding hydrogens is 453 g/mol. The van der Waals surface area contributed by atoms with Crippen LogP contribution in [0.15, 0.2) is 34.1 Å². The third-order valence-electron chi connectivity index (χ3n) is 5.60. The van der Waals surface area contributed by atoms with Gasteiger partial charge in [0.15, 0.2) is 0 Å². The fraction of sp³-hybridized carbons (Fsp3) is 0.318. The molecule has 0 aliphatic rings. The average Bonchev–Trinajstić information content (AvgIpc) is 3.25. The molecule has 0 radical (unpaired) electrons. The Balaban J connectivity index is 0.00000306. The Bertz CT molecular complexity index is 1480. The molecule has 0 bridgehead atoms. The van der Waals surface area contributed by atoms with Gasteiger partial charge < -0.3 is 9.90 Å². The zero-order chi connectivity index (χ0) is 23.3. The van der Waals surface area contributed by atoms with Crippen molar-refractivity contribution in [3.63, 3.8) is 0 Å². The Labute approximate surface area is 215 Å². The number of pyridine rings is 1. The third-order valence-corrected chi connectivity index (χ3v) is 6.79. The zero-order valence-electron chi connectivity index (χ0n) is 19.4. The van der Waals surface area contributed by atoms with Crippen molar-refractivity contribution in [1.29, 1.82) is 0 Å². The molecule has 0 atom stereocenters. The van der Waals surface area contributed by atoms with Crippen molar-refractivity contribution in [2.24, 2.45) is 7.05 Å². The monoisotopic (exact) mass is 475 g/mol. The molecule has 4 aromatic heterocycles. The number of hydrogen-bond donors (Lipinski definition) is 0. The van der Waals surface area contributed by atoms with Crippen LogP contribution in [0.2, 0.25) is 0 Å². The molecule has 0 aliphatic heterocycles. The van der Waals surface area contributed by atoms with Gasteiger partial charge in [-0.05, 0) is 39.8 Å². The number of rotatable bonds is 5. The predicted octanol–water partition coefficient (Wildman–Crippen LogP) is -1.50. The Morgan fingerprint density at radius 2 is 1.82 bits per heavy atom. The molecular formula is C22H22N5NaO4S. The number of aromatic carboxylic acids is 1. The van der Waals surface area contributed by atoms with E-state index in [0.717, 1.165) is 38.5 Å². The first kappa shape index (κ1) is 25.1. The molecule has 4 heterocycles. The first-order valence-corrected chi connectivity index (χ1v) is 10.9. The van der Waals surface area contributed by atoms with Gasteiger partial charge in [0.1, 0.15) is 4.83 Å². The first-order chi connectivity index (χ1) is 15.1. The van der Waals surface area contributed by atoms with Crippen molar-refractivity contribution in [2.75, 3.05) is 0 Å². The first-order valence-electron chi connectivity index (χ1n) is 10.1. The number of aryl methyl sites for hydroxylation is 1. The van der Waals surface area contributed by atoms with Gasteiger partial charge in [-0.25, -0.2) is 9.48 Å². The normalized spacial score (nSPS) is 11.2. The maximum atomic E-state index is 12.9. The van der Waals surface area contributed by atoms with Crippen LogP contribution in [-0.2, 0) is 13.5 Å². The van der Waals surface area contributed by atoms with Gasteiger partial charge in [-0.15, -0.1) is 11.3 Å². The van der Waals surface area contributed by atoms with E-state index in [1.54, 1.807) is 17.1 Å². The van der Waals surface area contributed by atoms with Crippen LogP contribution in [0.1, 0.15) is 52.1 Å². The molecule has 0 fully saturated rings. The van der Waals surface area contributed by atoms with Gasteiger partial charge in [0, 0.05) is 53.6 Å². The average molecular weight is 476 g/mol. The van der Waals surface area contributed by atoms with Gasteiger partial charge in [0.25, 0.3) is 5.56 Å². The number of fused-ring (bicyclic) bond motifs is 1. The minimum absolute atomic E-state index is 0. The zero-order valence-corrected chi connectivity index (χ0v) is 22.2. The molecule has 0 saturated carbocycles. The fourth-order valence-electron chi connectivity index (χ4n) is 3.96. The summed E-state index contributed by atoms with van der Waals surface area (Å²) in [4.78, 5) is 42.6. The number of carboxylic acids is 1. The fourth-order valence-corrected chi connectivity index (χ4v) is 5.38.